The van der Waals surface area contributed by atoms with Crippen LogP contribution in [0, 0.1) is 5.92 Å². The highest BCUT2D eigenvalue weighted by Crippen LogP contribution is 2.21. The molecule has 0 bridgehead atoms. The first-order valence-electron chi connectivity index (χ1n) is 5.11. The van der Waals surface area contributed by atoms with E-state index >= 15 is 0 Å². The van der Waals surface area contributed by atoms with E-state index in [1.54, 1.807) is 6.92 Å². The molecule has 0 aliphatic carbocycles. The number of aliphatic hydroxyl groups is 2. The van der Waals surface area contributed by atoms with Gasteiger partial charge in [-0.3, -0.25) is 4.90 Å². The molecule has 0 amide bonds. The van der Waals surface area contributed by atoms with Crippen LogP contribution in [0.4, 0.5) is 0 Å². The summed E-state index contributed by atoms with van der Waals surface area (Å²) in [6.45, 7) is 7.80. The summed E-state index contributed by atoms with van der Waals surface area (Å²) in [5.74, 6) is 0.589. The van der Waals surface area contributed by atoms with Gasteiger partial charge in [0, 0.05) is 19.1 Å². The normalized spacial score (nSPS) is 32.8. The molecule has 0 saturated carbocycles. The standard InChI is InChI=1S/C10H21NO2/c1-7(2)5-11-6-9(13)4-10(11)8(3)12/h7-10,12-13H,4-6H2,1-3H3. The van der Waals surface area contributed by atoms with Crippen molar-refractivity contribution in [2.45, 2.75) is 45.4 Å². The molecule has 78 valence electrons. The van der Waals surface area contributed by atoms with Gasteiger partial charge >= 0.3 is 0 Å². The molecule has 0 aromatic carbocycles. The van der Waals surface area contributed by atoms with Crippen molar-refractivity contribution in [3.8, 4) is 0 Å². The van der Waals surface area contributed by atoms with Gasteiger partial charge in [-0.25, -0.2) is 0 Å². The molecule has 3 atom stereocenters. The predicted octanol–water partition coefficient (Wildman–Crippen LogP) is 0.458. The van der Waals surface area contributed by atoms with Crippen LogP contribution in [0.25, 0.3) is 0 Å². The molecular formula is C10H21NO2. The van der Waals surface area contributed by atoms with Crippen LogP contribution >= 0.6 is 0 Å². The number of hydrogen-bond donors (Lipinski definition) is 2. The minimum absolute atomic E-state index is 0.150. The Morgan fingerprint density at radius 2 is 2.00 bits per heavy atom. The number of aliphatic hydroxyl groups excluding tert-OH is 2. The van der Waals surface area contributed by atoms with Gasteiger partial charge in [-0.05, 0) is 19.3 Å². The molecule has 0 aromatic heterocycles. The van der Waals surface area contributed by atoms with Crippen molar-refractivity contribution in [3.63, 3.8) is 0 Å². The quantitative estimate of drug-likeness (QED) is 0.674. The summed E-state index contributed by atoms with van der Waals surface area (Å²) in [6.07, 6.45) is 0.124. The highest BCUT2D eigenvalue weighted by atomic mass is 16.3. The van der Waals surface area contributed by atoms with Gasteiger partial charge in [0.15, 0.2) is 0 Å². The average molecular weight is 187 g/mol. The second-order valence-electron chi connectivity index (χ2n) is 4.55. The van der Waals surface area contributed by atoms with E-state index in [9.17, 15) is 10.2 Å². The lowest BCUT2D eigenvalue weighted by atomic mass is 10.1. The fraction of sp³-hybridized carbons (Fsp3) is 1.00. The molecule has 0 radical (unpaired) electrons. The van der Waals surface area contributed by atoms with Crippen molar-refractivity contribution >= 4 is 0 Å². The third kappa shape index (κ3) is 2.93. The molecule has 13 heavy (non-hydrogen) atoms. The van der Waals surface area contributed by atoms with Crippen molar-refractivity contribution in [1.82, 2.24) is 4.90 Å². The Balaban J connectivity index is 2.50. The second kappa shape index (κ2) is 4.40. The summed E-state index contributed by atoms with van der Waals surface area (Å²) in [4.78, 5) is 2.19. The molecule has 3 nitrogen and oxygen atoms in total. The van der Waals surface area contributed by atoms with Gasteiger partial charge < -0.3 is 10.2 Å². The summed E-state index contributed by atoms with van der Waals surface area (Å²) in [5.41, 5.74) is 0. The average Bonchev–Trinajstić information content (AvgIpc) is 2.29. The molecule has 3 heteroatoms. The summed E-state index contributed by atoms with van der Waals surface area (Å²) in [6, 6.07) is 0.150. The molecule has 1 aliphatic rings. The van der Waals surface area contributed by atoms with E-state index in [0.717, 1.165) is 6.54 Å². The molecule has 1 fully saturated rings. The molecule has 0 aromatic rings. The Morgan fingerprint density at radius 3 is 2.46 bits per heavy atom. The highest BCUT2D eigenvalue weighted by molar-refractivity contribution is 4.88. The third-order valence-corrected chi connectivity index (χ3v) is 2.58. The van der Waals surface area contributed by atoms with Crippen LogP contribution in [0.15, 0.2) is 0 Å². The fourth-order valence-electron chi connectivity index (χ4n) is 2.09. The fourth-order valence-corrected chi connectivity index (χ4v) is 2.09. The molecule has 1 aliphatic heterocycles. The minimum Gasteiger partial charge on any atom is -0.392 e. The van der Waals surface area contributed by atoms with Gasteiger partial charge in [0.2, 0.25) is 0 Å². The predicted molar refractivity (Wildman–Crippen MR) is 52.5 cm³/mol. The van der Waals surface area contributed by atoms with Gasteiger partial charge in [0.05, 0.1) is 12.2 Å². The minimum atomic E-state index is -0.337. The molecule has 1 heterocycles. The Bertz CT molecular complexity index is 159. The zero-order valence-corrected chi connectivity index (χ0v) is 8.77. The van der Waals surface area contributed by atoms with E-state index in [1.165, 1.54) is 0 Å². The summed E-state index contributed by atoms with van der Waals surface area (Å²) >= 11 is 0. The van der Waals surface area contributed by atoms with Gasteiger partial charge in [-0.1, -0.05) is 13.8 Å². The van der Waals surface area contributed by atoms with Gasteiger partial charge in [0.25, 0.3) is 0 Å². The van der Waals surface area contributed by atoms with Gasteiger partial charge in [-0.2, -0.15) is 0 Å². The maximum Gasteiger partial charge on any atom is 0.0683 e. The van der Waals surface area contributed by atoms with Crippen LogP contribution < -0.4 is 0 Å². The first kappa shape index (κ1) is 11.0. The second-order valence-corrected chi connectivity index (χ2v) is 4.55. The molecule has 1 saturated heterocycles. The number of rotatable bonds is 3. The van der Waals surface area contributed by atoms with E-state index < -0.39 is 0 Å². The lowest BCUT2D eigenvalue weighted by Gasteiger charge is -2.27. The monoisotopic (exact) mass is 187 g/mol. The molecule has 1 rings (SSSR count). The number of likely N-dealkylation sites (tertiary alicyclic amines) is 1. The SMILES string of the molecule is CC(C)CN1CC(O)CC1C(C)O. The Hall–Kier alpha value is -0.120. The topological polar surface area (TPSA) is 43.7 Å². The number of β-amino-alcohol motifs (C(OH)–C–C–N with tert-alkyl or cyclic N) is 1. The Kier molecular flexibility index (Phi) is 3.71. The summed E-state index contributed by atoms with van der Waals surface area (Å²) < 4.78 is 0. The van der Waals surface area contributed by atoms with Gasteiger partial charge in [-0.15, -0.1) is 0 Å². The molecular weight excluding hydrogens is 166 g/mol. The van der Waals surface area contributed by atoms with Crippen molar-refractivity contribution in [1.29, 1.82) is 0 Å². The Labute approximate surface area is 80.4 Å². The zero-order valence-electron chi connectivity index (χ0n) is 8.77. The summed E-state index contributed by atoms with van der Waals surface area (Å²) in [7, 11) is 0. The van der Waals surface area contributed by atoms with E-state index in [2.05, 4.69) is 18.7 Å². The number of hydrogen-bond acceptors (Lipinski definition) is 3. The van der Waals surface area contributed by atoms with Crippen molar-refractivity contribution in [2.24, 2.45) is 5.92 Å². The lowest BCUT2D eigenvalue weighted by molar-refractivity contribution is 0.0803. The largest absolute Gasteiger partial charge is 0.392 e. The van der Waals surface area contributed by atoms with Crippen molar-refractivity contribution in [2.75, 3.05) is 13.1 Å². The van der Waals surface area contributed by atoms with Crippen molar-refractivity contribution in [3.05, 3.63) is 0 Å². The molecule has 3 unspecified atom stereocenters. The maximum absolute atomic E-state index is 9.50. The van der Waals surface area contributed by atoms with Crippen LogP contribution in [0.5, 0.6) is 0 Å². The molecule has 0 spiro atoms. The van der Waals surface area contributed by atoms with Crippen LogP contribution in [-0.2, 0) is 0 Å². The third-order valence-electron chi connectivity index (χ3n) is 2.58. The lowest BCUT2D eigenvalue weighted by Crippen LogP contribution is -2.39. The molecule has 2 N–H and O–H groups in total. The van der Waals surface area contributed by atoms with E-state index in [0.29, 0.717) is 18.9 Å². The van der Waals surface area contributed by atoms with Crippen molar-refractivity contribution < 1.29 is 10.2 Å². The first-order valence-corrected chi connectivity index (χ1v) is 5.11. The number of nitrogens with zero attached hydrogens (tertiary/aromatic N) is 1. The van der Waals surface area contributed by atoms with Crippen LogP contribution in [-0.4, -0.2) is 46.5 Å². The van der Waals surface area contributed by atoms with E-state index in [1.807, 2.05) is 0 Å². The highest BCUT2D eigenvalue weighted by Gasteiger charge is 2.33. The van der Waals surface area contributed by atoms with E-state index in [-0.39, 0.29) is 18.2 Å². The first-order chi connectivity index (χ1) is 6.00. The van der Waals surface area contributed by atoms with Crippen LogP contribution in [0.2, 0.25) is 0 Å². The van der Waals surface area contributed by atoms with Crippen LogP contribution in [0.3, 0.4) is 0 Å². The van der Waals surface area contributed by atoms with E-state index in [4.69, 9.17) is 0 Å². The maximum atomic E-state index is 9.50. The van der Waals surface area contributed by atoms with Gasteiger partial charge in [0.1, 0.15) is 0 Å². The smallest absolute Gasteiger partial charge is 0.0683 e. The zero-order chi connectivity index (χ0) is 10.0. The summed E-state index contributed by atoms with van der Waals surface area (Å²) in [5, 5.41) is 19.0. The Morgan fingerprint density at radius 1 is 1.38 bits per heavy atom. The van der Waals surface area contributed by atoms with Crippen LogP contribution in [0.1, 0.15) is 27.2 Å².